The van der Waals surface area contributed by atoms with Crippen molar-refractivity contribution in [3.05, 3.63) is 59.4 Å². The van der Waals surface area contributed by atoms with E-state index in [9.17, 15) is 9.59 Å². The van der Waals surface area contributed by atoms with Crippen LogP contribution in [0.25, 0.3) is 22.3 Å². The molecular weight excluding hydrogens is 489 g/mol. The van der Waals surface area contributed by atoms with Crippen LogP contribution in [0.1, 0.15) is 71.0 Å². The Morgan fingerprint density at radius 1 is 1.16 bits per heavy atom. The summed E-state index contributed by atoms with van der Waals surface area (Å²) >= 11 is 0. The fraction of sp³-hybridized carbons (Fsp3) is 0.407. The van der Waals surface area contributed by atoms with Gasteiger partial charge in [0, 0.05) is 32.1 Å². The lowest BCUT2D eigenvalue weighted by molar-refractivity contribution is 0.0821. The van der Waals surface area contributed by atoms with E-state index in [1.54, 1.807) is 33.2 Å². The lowest BCUT2D eigenvalue weighted by Gasteiger charge is -2.32. The molecule has 1 saturated carbocycles. The number of carbonyl (C=O) groups is 2. The Balaban J connectivity index is 1.55. The zero-order chi connectivity index (χ0) is 27.0. The normalized spacial score (nSPS) is 18.3. The highest BCUT2D eigenvalue weighted by Gasteiger charge is 2.32. The zero-order valence-corrected chi connectivity index (χ0v) is 21.8. The quantitative estimate of drug-likeness (QED) is 0.385. The van der Waals surface area contributed by atoms with Gasteiger partial charge in [-0.25, -0.2) is 14.4 Å². The zero-order valence-electron chi connectivity index (χ0n) is 21.8. The van der Waals surface area contributed by atoms with Gasteiger partial charge in [0.15, 0.2) is 11.5 Å². The van der Waals surface area contributed by atoms with Gasteiger partial charge in [-0.05, 0) is 43.7 Å². The van der Waals surface area contributed by atoms with E-state index in [1.165, 1.54) is 23.6 Å². The number of carbonyl (C=O) groups excluding carboxylic acids is 2. The molecule has 10 nitrogen and oxygen atoms in total. The first-order valence-electron chi connectivity index (χ1n) is 12.7. The van der Waals surface area contributed by atoms with Gasteiger partial charge in [0.25, 0.3) is 11.8 Å². The smallest absolute Gasteiger partial charge is 0.274 e. The SMILES string of the molecule is Cc1nocc1C(=O)N[C@H](c1nc2c(F)c(-c3nccnc3C(=O)N(C)C)ccc2[nH]1)C1CCC(C)CC1. The van der Waals surface area contributed by atoms with Gasteiger partial charge in [-0.1, -0.05) is 24.9 Å². The maximum atomic E-state index is 15.9. The number of hydrogen-bond acceptors (Lipinski definition) is 7. The number of aryl methyl sites for hydroxylation is 1. The molecule has 1 aliphatic carbocycles. The number of rotatable bonds is 6. The molecule has 11 heteroatoms. The Morgan fingerprint density at radius 2 is 1.89 bits per heavy atom. The molecule has 3 aromatic heterocycles. The minimum Gasteiger partial charge on any atom is -0.364 e. The summed E-state index contributed by atoms with van der Waals surface area (Å²) in [7, 11) is 3.20. The van der Waals surface area contributed by atoms with Crippen LogP contribution in [0.2, 0.25) is 0 Å². The number of nitrogens with one attached hydrogen (secondary N) is 2. The van der Waals surface area contributed by atoms with Gasteiger partial charge in [0.1, 0.15) is 28.9 Å². The molecule has 0 saturated heterocycles. The standard InChI is InChI=1S/C27H30FN7O3/c1-14-5-7-16(8-6-14)21(33-26(36)18-13-38-34-15(18)2)25-31-19-10-9-17(20(28)23(19)32-25)22-24(27(37)35(3)4)30-12-11-29-22/h9-14,16,21H,5-8H2,1-4H3,(H,31,32)(H,33,36)/t14?,16?,21-/m0/s1. The Hall–Kier alpha value is -4.15. The molecule has 1 aliphatic rings. The summed E-state index contributed by atoms with van der Waals surface area (Å²) in [4.78, 5) is 43.4. The van der Waals surface area contributed by atoms with Crippen LogP contribution in [0.3, 0.4) is 0 Å². The van der Waals surface area contributed by atoms with Crippen molar-refractivity contribution in [2.75, 3.05) is 14.1 Å². The average molecular weight is 520 g/mol. The molecule has 1 aromatic carbocycles. The predicted octanol–water partition coefficient (Wildman–Crippen LogP) is 4.45. The van der Waals surface area contributed by atoms with E-state index in [-0.39, 0.29) is 40.2 Å². The summed E-state index contributed by atoms with van der Waals surface area (Å²) in [5, 5.41) is 6.91. The molecule has 0 aliphatic heterocycles. The third kappa shape index (κ3) is 4.75. The molecular formula is C27H30FN7O3. The molecule has 4 aromatic rings. The van der Waals surface area contributed by atoms with Gasteiger partial charge >= 0.3 is 0 Å². The molecule has 1 atom stereocenters. The number of halogens is 1. The topological polar surface area (TPSA) is 130 Å². The molecule has 0 unspecified atom stereocenters. The van der Waals surface area contributed by atoms with E-state index in [4.69, 9.17) is 4.52 Å². The van der Waals surface area contributed by atoms with Crippen LogP contribution in [-0.4, -0.2) is 55.9 Å². The van der Waals surface area contributed by atoms with Gasteiger partial charge in [-0.15, -0.1) is 0 Å². The van der Waals surface area contributed by atoms with E-state index in [1.807, 2.05) is 0 Å². The summed E-state index contributed by atoms with van der Waals surface area (Å²) in [6, 6.07) is 2.81. The fourth-order valence-corrected chi connectivity index (χ4v) is 5.05. The van der Waals surface area contributed by atoms with Crippen LogP contribution in [0.5, 0.6) is 0 Å². The molecule has 38 heavy (non-hydrogen) atoms. The highest BCUT2D eigenvalue weighted by molar-refractivity contribution is 5.98. The van der Waals surface area contributed by atoms with Gasteiger partial charge < -0.3 is 19.7 Å². The largest absolute Gasteiger partial charge is 0.364 e. The molecule has 3 heterocycles. The van der Waals surface area contributed by atoms with Crippen molar-refractivity contribution < 1.29 is 18.5 Å². The number of H-pyrrole nitrogens is 1. The summed E-state index contributed by atoms with van der Waals surface area (Å²) in [6.45, 7) is 3.93. The number of nitrogens with zero attached hydrogens (tertiary/aromatic N) is 5. The molecule has 5 rings (SSSR count). The first kappa shape index (κ1) is 25.5. The Kier molecular flexibility index (Phi) is 6.92. The third-order valence-corrected chi connectivity index (χ3v) is 7.28. The lowest BCUT2D eigenvalue weighted by atomic mass is 9.79. The van der Waals surface area contributed by atoms with Crippen LogP contribution in [0, 0.1) is 24.6 Å². The number of fused-ring (bicyclic) bond motifs is 1. The summed E-state index contributed by atoms with van der Waals surface area (Å²) in [5.74, 6) is -0.0984. The van der Waals surface area contributed by atoms with Crippen molar-refractivity contribution >= 4 is 22.8 Å². The molecule has 2 amide bonds. The van der Waals surface area contributed by atoms with Crippen molar-refractivity contribution in [1.29, 1.82) is 0 Å². The number of aromatic amines is 1. The minimum absolute atomic E-state index is 0.0528. The number of amides is 2. The Bertz CT molecular complexity index is 1490. The fourth-order valence-electron chi connectivity index (χ4n) is 5.05. The second kappa shape index (κ2) is 10.3. The second-order valence-electron chi connectivity index (χ2n) is 10.2. The van der Waals surface area contributed by atoms with Gasteiger partial charge in [0.2, 0.25) is 0 Å². The summed E-state index contributed by atoms with van der Waals surface area (Å²) in [5.41, 5.74) is 1.75. The van der Waals surface area contributed by atoms with Crippen LogP contribution >= 0.6 is 0 Å². The molecule has 0 radical (unpaired) electrons. The van der Waals surface area contributed by atoms with Crippen LogP contribution in [0.15, 0.2) is 35.3 Å². The van der Waals surface area contributed by atoms with Crippen LogP contribution in [0.4, 0.5) is 4.39 Å². The second-order valence-corrected chi connectivity index (χ2v) is 10.2. The maximum absolute atomic E-state index is 15.9. The first-order valence-corrected chi connectivity index (χ1v) is 12.7. The van der Waals surface area contributed by atoms with E-state index >= 15 is 4.39 Å². The van der Waals surface area contributed by atoms with Gasteiger partial charge in [-0.2, -0.15) is 0 Å². The Morgan fingerprint density at radius 3 is 2.58 bits per heavy atom. The maximum Gasteiger partial charge on any atom is 0.274 e. The van der Waals surface area contributed by atoms with Crippen molar-refractivity contribution in [3.63, 3.8) is 0 Å². The Labute approximate surface area is 219 Å². The van der Waals surface area contributed by atoms with Crippen molar-refractivity contribution in [1.82, 2.24) is 35.3 Å². The summed E-state index contributed by atoms with van der Waals surface area (Å²) in [6.07, 6.45) is 8.05. The van der Waals surface area contributed by atoms with E-state index in [0.717, 1.165) is 25.7 Å². The third-order valence-electron chi connectivity index (χ3n) is 7.28. The number of benzene rings is 1. The lowest BCUT2D eigenvalue weighted by Crippen LogP contribution is -2.36. The van der Waals surface area contributed by atoms with E-state index in [2.05, 4.69) is 37.3 Å². The highest BCUT2D eigenvalue weighted by atomic mass is 19.1. The van der Waals surface area contributed by atoms with Crippen LogP contribution in [-0.2, 0) is 0 Å². The summed E-state index contributed by atoms with van der Waals surface area (Å²) < 4.78 is 20.9. The highest BCUT2D eigenvalue weighted by Crippen LogP contribution is 2.37. The van der Waals surface area contributed by atoms with Gasteiger partial charge in [0.05, 0.1) is 17.3 Å². The van der Waals surface area contributed by atoms with Crippen molar-refractivity contribution in [3.8, 4) is 11.3 Å². The average Bonchev–Trinajstić information content (AvgIpc) is 3.54. The number of imidazole rings is 1. The molecule has 198 valence electrons. The van der Waals surface area contributed by atoms with Crippen molar-refractivity contribution in [2.45, 2.75) is 45.6 Å². The molecule has 0 spiro atoms. The van der Waals surface area contributed by atoms with E-state index < -0.39 is 11.9 Å². The predicted molar refractivity (Wildman–Crippen MR) is 138 cm³/mol. The minimum atomic E-state index is -0.615. The monoisotopic (exact) mass is 519 g/mol. The molecule has 1 fully saturated rings. The molecule has 2 N–H and O–H groups in total. The van der Waals surface area contributed by atoms with Crippen molar-refractivity contribution in [2.24, 2.45) is 11.8 Å². The van der Waals surface area contributed by atoms with Gasteiger partial charge in [-0.3, -0.25) is 14.6 Å². The van der Waals surface area contributed by atoms with Crippen LogP contribution < -0.4 is 5.32 Å². The van der Waals surface area contributed by atoms with E-state index in [0.29, 0.717) is 28.5 Å². The number of aromatic nitrogens is 5. The number of hydrogen-bond donors (Lipinski definition) is 2. The molecule has 0 bridgehead atoms. The first-order chi connectivity index (χ1) is 18.2.